The zero-order valence-electron chi connectivity index (χ0n) is 12.6. The molecule has 1 heterocycles. The van der Waals surface area contributed by atoms with Gasteiger partial charge in [0, 0.05) is 30.9 Å². The Kier molecular flexibility index (Phi) is 5.73. The molecule has 0 unspecified atom stereocenters. The average molecular weight is 278 g/mol. The molecule has 0 bridgehead atoms. The van der Waals surface area contributed by atoms with Crippen LogP contribution in [0, 0.1) is 6.92 Å². The fraction of sp³-hybridized carbons (Fsp3) is 0.733. The SMILES string of the molecule is CCNc1cc(C)nc(CN(CCO)C2CCCC2)n1. The summed E-state index contributed by atoms with van der Waals surface area (Å²) in [6.45, 7) is 6.55. The monoisotopic (exact) mass is 278 g/mol. The molecule has 112 valence electrons. The van der Waals surface area contributed by atoms with Gasteiger partial charge < -0.3 is 10.4 Å². The minimum Gasteiger partial charge on any atom is -0.395 e. The van der Waals surface area contributed by atoms with Gasteiger partial charge in [0.1, 0.15) is 11.6 Å². The van der Waals surface area contributed by atoms with Gasteiger partial charge in [-0.2, -0.15) is 0 Å². The first-order chi connectivity index (χ1) is 9.72. The number of rotatable bonds is 7. The molecular weight excluding hydrogens is 252 g/mol. The van der Waals surface area contributed by atoms with Crippen LogP contribution in [-0.4, -0.2) is 45.7 Å². The third-order valence-corrected chi connectivity index (χ3v) is 3.83. The summed E-state index contributed by atoms with van der Waals surface area (Å²) in [6.07, 6.45) is 5.05. The zero-order chi connectivity index (χ0) is 14.4. The second-order valence-electron chi connectivity index (χ2n) is 5.47. The quantitative estimate of drug-likeness (QED) is 0.798. The van der Waals surface area contributed by atoms with Crippen LogP contribution < -0.4 is 5.32 Å². The van der Waals surface area contributed by atoms with Crippen molar-refractivity contribution in [1.29, 1.82) is 0 Å². The van der Waals surface area contributed by atoms with Crippen molar-refractivity contribution in [3.8, 4) is 0 Å². The maximum atomic E-state index is 9.27. The Morgan fingerprint density at radius 3 is 2.75 bits per heavy atom. The standard InChI is InChI=1S/C15H26N4O/c1-3-16-14-10-12(2)17-15(18-14)11-19(8-9-20)13-6-4-5-7-13/h10,13,20H,3-9,11H2,1-2H3,(H,16,17,18). The van der Waals surface area contributed by atoms with Crippen LogP contribution in [0.25, 0.3) is 0 Å². The Labute approximate surface area is 121 Å². The molecule has 1 aromatic heterocycles. The minimum atomic E-state index is 0.197. The maximum Gasteiger partial charge on any atom is 0.144 e. The summed E-state index contributed by atoms with van der Waals surface area (Å²) >= 11 is 0. The summed E-state index contributed by atoms with van der Waals surface area (Å²) in [6, 6.07) is 2.55. The van der Waals surface area contributed by atoms with Crippen LogP contribution in [0.4, 0.5) is 5.82 Å². The Hall–Kier alpha value is -1.20. The molecule has 2 N–H and O–H groups in total. The van der Waals surface area contributed by atoms with Crippen molar-refractivity contribution in [3.63, 3.8) is 0 Å². The lowest BCUT2D eigenvalue weighted by Gasteiger charge is -2.27. The van der Waals surface area contributed by atoms with Gasteiger partial charge in [-0.05, 0) is 26.7 Å². The first kappa shape index (κ1) is 15.2. The highest BCUT2D eigenvalue weighted by molar-refractivity contribution is 5.35. The Morgan fingerprint density at radius 1 is 1.35 bits per heavy atom. The number of aliphatic hydroxyl groups is 1. The van der Waals surface area contributed by atoms with Crippen molar-refractivity contribution in [3.05, 3.63) is 17.6 Å². The van der Waals surface area contributed by atoms with Gasteiger partial charge in [0.15, 0.2) is 0 Å². The summed E-state index contributed by atoms with van der Waals surface area (Å²) in [5.41, 5.74) is 0.987. The number of hydrogen-bond acceptors (Lipinski definition) is 5. The van der Waals surface area contributed by atoms with Gasteiger partial charge in [0.2, 0.25) is 0 Å². The van der Waals surface area contributed by atoms with E-state index in [4.69, 9.17) is 0 Å². The van der Waals surface area contributed by atoms with E-state index in [2.05, 4.69) is 27.1 Å². The van der Waals surface area contributed by atoms with Gasteiger partial charge in [-0.25, -0.2) is 9.97 Å². The molecule has 0 spiro atoms. The molecule has 0 aromatic carbocycles. The molecule has 0 radical (unpaired) electrons. The Morgan fingerprint density at radius 2 is 2.10 bits per heavy atom. The van der Waals surface area contributed by atoms with Gasteiger partial charge in [-0.3, -0.25) is 4.90 Å². The van der Waals surface area contributed by atoms with E-state index in [1.54, 1.807) is 0 Å². The zero-order valence-corrected chi connectivity index (χ0v) is 12.6. The van der Waals surface area contributed by atoms with E-state index in [0.717, 1.165) is 30.4 Å². The van der Waals surface area contributed by atoms with Crippen LogP contribution in [0.2, 0.25) is 0 Å². The summed E-state index contributed by atoms with van der Waals surface area (Å²) in [4.78, 5) is 11.4. The van der Waals surface area contributed by atoms with Gasteiger partial charge in [-0.15, -0.1) is 0 Å². The van der Waals surface area contributed by atoms with E-state index in [1.165, 1.54) is 25.7 Å². The lowest BCUT2D eigenvalue weighted by Crippen LogP contribution is -2.35. The number of hydrogen-bond donors (Lipinski definition) is 2. The Balaban J connectivity index is 2.08. The molecular formula is C15H26N4O. The van der Waals surface area contributed by atoms with E-state index < -0.39 is 0 Å². The molecule has 5 nitrogen and oxygen atoms in total. The lowest BCUT2D eigenvalue weighted by atomic mass is 10.2. The predicted octanol–water partition coefficient (Wildman–Crippen LogP) is 1.95. The second kappa shape index (κ2) is 7.55. The van der Waals surface area contributed by atoms with Crippen LogP contribution >= 0.6 is 0 Å². The highest BCUT2D eigenvalue weighted by Gasteiger charge is 2.23. The van der Waals surface area contributed by atoms with Gasteiger partial charge in [0.25, 0.3) is 0 Å². The number of anilines is 1. The van der Waals surface area contributed by atoms with E-state index in [9.17, 15) is 5.11 Å². The molecule has 0 saturated heterocycles. The predicted molar refractivity (Wildman–Crippen MR) is 80.7 cm³/mol. The molecule has 0 atom stereocenters. The summed E-state index contributed by atoms with van der Waals surface area (Å²) in [5, 5.41) is 12.5. The largest absolute Gasteiger partial charge is 0.395 e. The van der Waals surface area contributed by atoms with Gasteiger partial charge in [-0.1, -0.05) is 12.8 Å². The fourth-order valence-electron chi connectivity index (χ4n) is 2.94. The van der Waals surface area contributed by atoms with Gasteiger partial charge in [0.05, 0.1) is 13.2 Å². The molecule has 1 aliphatic rings. The normalized spacial score (nSPS) is 16.0. The molecule has 1 fully saturated rings. The van der Waals surface area contributed by atoms with Crippen molar-refractivity contribution in [2.24, 2.45) is 0 Å². The highest BCUT2D eigenvalue weighted by Crippen LogP contribution is 2.24. The first-order valence-electron chi connectivity index (χ1n) is 7.66. The first-order valence-corrected chi connectivity index (χ1v) is 7.66. The van der Waals surface area contributed by atoms with E-state index >= 15 is 0 Å². The number of aryl methyl sites for hydroxylation is 1. The van der Waals surface area contributed by atoms with Crippen molar-refractivity contribution in [2.45, 2.75) is 52.1 Å². The topological polar surface area (TPSA) is 61.3 Å². The molecule has 0 amide bonds. The van der Waals surface area contributed by atoms with E-state index in [-0.39, 0.29) is 6.61 Å². The van der Waals surface area contributed by atoms with Crippen LogP contribution in [0.5, 0.6) is 0 Å². The fourth-order valence-corrected chi connectivity index (χ4v) is 2.94. The maximum absolute atomic E-state index is 9.27. The second-order valence-corrected chi connectivity index (χ2v) is 5.47. The molecule has 5 heteroatoms. The third-order valence-electron chi connectivity index (χ3n) is 3.83. The lowest BCUT2D eigenvalue weighted by molar-refractivity contribution is 0.141. The smallest absolute Gasteiger partial charge is 0.144 e. The van der Waals surface area contributed by atoms with Crippen LogP contribution in [0.1, 0.15) is 44.1 Å². The molecule has 2 rings (SSSR count). The highest BCUT2D eigenvalue weighted by atomic mass is 16.3. The molecule has 1 aliphatic carbocycles. The molecule has 1 aromatic rings. The molecule has 1 saturated carbocycles. The van der Waals surface area contributed by atoms with Crippen molar-refractivity contribution in [2.75, 3.05) is 25.0 Å². The summed E-state index contributed by atoms with van der Waals surface area (Å²) < 4.78 is 0. The van der Waals surface area contributed by atoms with Crippen LogP contribution in [0.15, 0.2) is 6.07 Å². The van der Waals surface area contributed by atoms with Crippen molar-refractivity contribution in [1.82, 2.24) is 14.9 Å². The van der Waals surface area contributed by atoms with Crippen molar-refractivity contribution < 1.29 is 5.11 Å². The van der Waals surface area contributed by atoms with Crippen LogP contribution in [0.3, 0.4) is 0 Å². The molecule has 0 aliphatic heterocycles. The third kappa shape index (κ3) is 4.15. The Bertz CT molecular complexity index is 418. The average Bonchev–Trinajstić information content (AvgIpc) is 2.91. The van der Waals surface area contributed by atoms with Gasteiger partial charge >= 0.3 is 0 Å². The number of aliphatic hydroxyl groups excluding tert-OH is 1. The molecule has 20 heavy (non-hydrogen) atoms. The number of aromatic nitrogens is 2. The van der Waals surface area contributed by atoms with Crippen molar-refractivity contribution >= 4 is 5.82 Å². The van der Waals surface area contributed by atoms with E-state index in [0.29, 0.717) is 12.6 Å². The van der Waals surface area contributed by atoms with Crippen LogP contribution in [-0.2, 0) is 6.54 Å². The number of nitrogens with one attached hydrogen (secondary N) is 1. The number of nitrogens with zero attached hydrogens (tertiary/aromatic N) is 3. The van der Waals surface area contributed by atoms with E-state index in [1.807, 2.05) is 13.0 Å². The minimum absolute atomic E-state index is 0.197. The summed E-state index contributed by atoms with van der Waals surface area (Å²) in [7, 11) is 0. The summed E-state index contributed by atoms with van der Waals surface area (Å²) in [5.74, 6) is 1.74.